The Bertz CT molecular complexity index is 1370. The molecule has 5 nitrogen and oxygen atoms in total. The second kappa shape index (κ2) is 8.38. The van der Waals surface area contributed by atoms with Gasteiger partial charge in [-0.1, -0.05) is 53.5 Å². The molecule has 1 aromatic heterocycles. The van der Waals surface area contributed by atoms with Gasteiger partial charge in [-0.2, -0.15) is 0 Å². The number of halogens is 3. The Morgan fingerprint density at radius 2 is 1.88 bits per heavy atom. The van der Waals surface area contributed by atoms with Crippen molar-refractivity contribution in [1.82, 2.24) is 20.0 Å². The molecule has 1 N–H and O–H groups in total. The van der Waals surface area contributed by atoms with Crippen LogP contribution in [0.3, 0.4) is 0 Å². The first-order chi connectivity index (χ1) is 16.5. The Morgan fingerprint density at radius 3 is 2.68 bits per heavy atom. The fourth-order valence-electron chi connectivity index (χ4n) is 5.20. The van der Waals surface area contributed by atoms with E-state index >= 15 is 4.39 Å². The Balaban J connectivity index is 1.25. The highest BCUT2D eigenvalue weighted by atomic mass is 35.5. The van der Waals surface area contributed by atoms with Crippen LogP contribution in [0.15, 0.2) is 60.7 Å². The van der Waals surface area contributed by atoms with Crippen LogP contribution in [0, 0.1) is 5.82 Å². The lowest BCUT2D eigenvalue weighted by molar-refractivity contribution is 0.0197. The molecule has 0 saturated carbocycles. The number of amides is 1. The maximum absolute atomic E-state index is 15.1. The van der Waals surface area contributed by atoms with Crippen LogP contribution in [0.5, 0.6) is 0 Å². The smallest absolute Gasteiger partial charge is 0.268 e. The summed E-state index contributed by atoms with van der Waals surface area (Å²) in [6.45, 7) is 0.846. The zero-order valence-electron chi connectivity index (χ0n) is 18.1. The number of aromatic nitrogens is 2. The summed E-state index contributed by atoms with van der Waals surface area (Å²) >= 11 is 12.1. The molecule has 1 amide bonds. The third kappa shape index (κ3) is 3.66. The maximum Gasteiger partial charge on any atom is 0.268 e. The van der Waals surface area contributed by atoms with Crippen molar-refractivity contribution < 1.29 is 9.18 Å². The van der Waals surface area contributed by atoms with E-state index in [1.165, 1.54) is 11.6 Å². The average molecular weight is 495 g/mol. The summed E-state index contributed by atoms with van der Waals surface area (Å²) in [5, 5.41) is 4.78. The number of aromatic amines is 1. The van der Waals surface area contributed by atoms with E-state index in [0.717, 1.165) is 25.8 Å². The van der Waals surface area contributed by atoms with Crippen LogP contribution in [0.25, 0.3) is 22.4 Å². The second-order valence-corrected chi connectivity index (χ2v) is 9.71. The molecule has 2 aliphatic heterocycles. The van der Waals surface area contributed by atoms with Crippen molar-refractivity contribution in [3.8, 4) is 11.4 Å². The lowest BCUT2D eigenvalue weighted by atomic mass is 9.97. The van der Waals surface area contributed by atoms with Crippen molar-refractivity contribution in [3.63, 3.8) is 0 Å². The highest BCUT2D eigenvalue weighted by Crippen LogP contribution is 2.37. The standard InChI is InChI=1S/C26H21Cl2FN4O/c27-20-13-23-24(14-21(20)28)31-25(30-23)19-7-6-16(11-22(19)29)26(34)33-17-8-9-32(33)18(12-17)10-15-4-2-1-3-5-15/h1-7,11,13-14,17-18H,8-10,12H2,(H,30,31). The minimum absolute atomic E-state index is 0.160. The summed E-state index contributed by atoms with van der Waals surface area (Å²) in [5.74, 6) is -0.311. The summed E-state index contributed by atoms with van der Waals surface area (Å²) < 4.78 is 15.1. The quantitative estimate of drug-likeness (QED) is 0.371. The molecular formula is C26H21Cl2FN4O. The number of H-pyrrole nitrogens is 1. The highest BCUT2D eigenvalue weighted by molar-refractivity contribution is 6.42. The topological polar surface area (TPSA) is 52.2 Å². The first-order valence-corrected chi connectivity index (χ1v) is 12.0. The van der Waals surface area contributed by atoms with Crippen molar-refractivity contribution in [2.75, 3.05) is 6.54 Å². The molecular weight excluding hydrogens is 474 g/mol. The summed E-state index contributed by atoms with van der Waals surface area (Å²) in [5.41, 5.74) is 3.13. The molecule has 8 heteroatoms. The summed E-state index contributed by atoms with van der Waals surface area (Å²) in [6.07, 6.45) is 2.78. The van der Waals surface area contributed by atoms with E-state index in [1.54, 1.807) is 24.3 Å². The van der Waals surface area contributed by atoms with Crippen LogP contribution in [-0.4, -0.2) is 44.5 Å². The summed E-state index contributed by atoms with van der Waals surface area (Å²) in [7, 11) is 0. The van der Waals surface area contributed by atoms with Crippen LogP contribution in [0.1, 0.15) is 28.8 Å². The zero-order valence-corrected chi connectivity index (χ0v) is 19.7. The van der Waals surface area contributed by atoms with Crippen LogP contribution in [0.2, 0.25) is 10.0 Å². The van der Waals surface area contributed by atoms with Crippen molar-refractivity contribution in [2.24, 2.45) is 0 Å². The molecule has 0 aliphatic carbocycles. The van der Waals surface area contributed by atoms with Crippen LogP contribution in [0.4, 0.5) is 4.39 Å². The van der Waals surface area contributed by atoms with Gasteiger partial charge in [-0.25, -0.2) is 14.4 Å². The zero-order chi connectivity index (χ0) is 23.4. The predicted octanol–water partition coefficient (Wildman–Crippen LogP) is 6.12. The first kappa shape index (κ1) is 21.6. The van der Waals surface area contributed by atoms with Gasteiger partial charge in [-0.3, -0.25) is 9.80 Å². The third-order valence-corrected chi connectivity index (χ3v) is 7.52. The van der Waals surface area contributed by atoms with Gasteiger partial charge in [0, 0.05) is 18.2 Å². The number of imidazole rings is 1. The molecule has 6 rings (SSSR count). The number of carbonyl (C=O) groups is 1. The van der Waals surface area contributed by atoms with Crippen LogP contribution >= 0.6 is 23.2 Å². The first-order valence-electron chi connectivity index (χ1n) is 11.3. The van der Waals surface area contributed by atoms with Gasteiger partial charge in [0.2, 0.25) is 0 Å². The van der Waals surface area contributed by atoms with Gasteiger partial charge in [0.05, 0.1) is 32.7 Å². The van der Waals surface area contributed by atoms with Gasteiger partial charge in [-0.15, -0.1) is 0 Å². The van der Waals surface area contributed by atoms with E-state index in [4.69, 9.17) is 23.2 Å². The Hall–Kier alpha value is -2.93. The largest absolute Gasteiger partial charge is 0.338 e. The number of fused-ring (bicyclic) bond motifs is 3. The van der Waals surface area contributed by atoms with Crippen molar-refractivity contribution in [2.45, 2.75) is 31.3 Å². The molecule has 3 unspecified atom stereocenters. The monoisotopic (exact) mass is 494 g/mol. The SMILES string of the molecule is O=C(c1ccc(-c2nc3cc(Cl)c(Cl)cc3[nH]2)c(F)c1)N1C2CCN1C(Cc1ccccc1)C2. The van der Waals surface area contributed by atoms with Gasteiger partial charge < -0.3 is 4.98 Å². The number of carbonyl (C=O) groups excluding carboxylic acids is 1. The van der Waals surface area contributed by atoms with Crippen molar-refractivity contribution >= 4 is 40.1 Å². The predicted molar refractivity (Wildman–Crippen MR) is 131 cm³/mol. The van der Waals surface area contributed by atoms with Crippen molar-refractivity contribution in [1.29, 1.82) is 0 Å². The molecule has 0 spiro atoms. The molecule has 0 radical (unpaired) electrons. The lowest BCUT2D eigenvalue weighted by Crippen LogP contribution is -2.42. The summed E-state index contributed by atoms with van der Waals surface area (Å²) in [6, 6.07) is 18.6. The molecule has 172 valence electrons. The molecule has 34 heavy (non-hydrogen) atoms. The van der Waals surface area contributed by atoms with E-state index < -0.39 is 5.82 Å². The molecule has 3 atom stereocenters. The van der Waals surface area contributed by atoms with Crippen LogP contribution in [-0.2, 0) is 6.42 Å². The number of benzene rings is 3. The highest BCUT2D eigenvalue weighted by Gasteiger charge is 2.47. The average Bonchev–Trinajstić information content (AvgIpc) is 3.52. The van der Waals surface area contributed by atoms with Gasteiger partial charge in [0.1, 0.15) is 11.6 Å². The Labute approximate surface area is 206 Å². The molecule has 2 saturated heterocycles. The summed E-state index contributed by atoms with van der Waals surface area (Å²) in [4.78, 5) is 20.9. The van der Waals surface area contributed by atoms with Gasteiger partial charge >= 0.3 is 0 Å². The molecule has 2 fully saturated rings. The normalized spacial score (nSPS) is 21.5. The second-order valence-electron chi connectivity index (χ2n) is 8.90. The number of hydrogen-bond acceptors (Lipinski definition) is 3. The molecule has 2 bridgehead atoms. The number of piperidine rings is 1. The van der Waals surface area contributed by atoms with E-state index in [0.29, 0.717) is 32.5 Å². The van der Waals surface area contributed by atoms with Gasteiger partial charge in [-0.05, 0) is 55.2 Å². The minimum atomic E-state index is -0.510. The maximum atomic E-state index is 15.1. The molecule has 3 aromatic carbocycles. The molecule has 2 aliphatic rings. The minimum Gasteiger partial charge on any atom is -0.338 e. The fraction of sp³-hybridized carbons (Fsp3) is 0.231. The van der Waals surface area contributed by atoms with Crippen molar-refractivity contribution in [3.05, 3.63) is 87.7 Å². The lowest BCUT2D eigenvalue weighted by Gasteiger charge is -2.28. The van der Waals surface area contributed by atoms with Gasteiger partial charge in [0.25, 0.3) is 5.91 Å². The van der Waals surface area contributed by atoms with Gasteiger partial charge in [0.15, 0.2) is 0 Å². The van der Waals surface area contributed by atoms with E-state index in [-0.39, 0.29) is 23.6 Å². The molecule has 4 aromatic rings. The number of hydrazine groups is 1. The van der Waals surface area contributed by atoms with E-state index in [9.17, 15) is 4.79 Å². The Morgan fingerprint density at radius 1 is 1.09 bits per heavy atom. The van der Waals surface area contributed by atoms with E-state index in [2.05, 4.69) is 27.1 Å². The number of nitrogens with one attached hydrogen (secondary N) is 1. The van der Waals surface area contributed by atoms with Crippen LogP contribution < -0.4 is 0 Å². The number of hydrogen-bond donors (Lipinski definition) is 1. The fourth-order valence-corrected chi connectivity index (χ4v) is 5.52. The third-order valence-electron chi connectivity index (χ3n) is 6.80. The number of nitrogens with zero attached hydrogens (tertiary/aromatic N) is 3. The number of rotatable bonds is 4. The molecule has 3 heterocycles. The van der Waals surface area contributed by atoms with E-state index in [1.807, 2.05) is 23.2 Å². The Kier molecular flexibility index (Phi) is 5.32.